The van der Waals surface area contributed by atoms with Gasteiger partial charge in [-0.15, -0.1) is 0 Å². The number of anilines is 1. The first-order valence-electron chi connectivity index (χ1n) is 6.50. The van der Waals surface area contributed by atoms with Gasteiger partial charge >= 0.3 is 0 Å². The number of benzene rings is 1. The lowest BCUT2D eigenvalue weighted by Gasteiger charge is -2.13. The molecule has 5 heteroatoms. The molecule has 0 aliphatic rings. The minimum absolute atomic E-state index is 0.0408. The normalized spacial score (nSPS) is 11.9. The van der Waals surface area contributed by atoms with Crippen molar-refractivity contribution in [1.29, 1.82) is 0 Å². The van der Waals surface area contributed by atoms with Crippen LogP contribution in [0.2, 0.25) is 0 Å². The number of rotatable bonds is 8. The van der Waals surface area contributed by atoms with Crippen LogP contribution in [0.25, 0.3) is 0 Å². The third-order valence-electron chi connectivity index (χ3n) is 2.68. The lowest BCUT2D eigenvalue weighted by molar-refractivity contribution is -0.122. The van der Waals surface area contributed by atoms with Crippen molar-refractivity contribution in [2.24, 2.45) is 0 Å². The molecule has 0 fully saturated rings. The van der Waals surface area contributed by atoms with E-state index < -0.39 is 0 Å². The molecule has 0 heterocycles. The molecule has 19 heavy (non-hydrogen) atoms. The third kappa shape index (κ3) is 6.67. The zero-order valence-corrected chi connectivity index (χ0v) is 11.3. The highest BCUT2D eigenvalue weighted by Gasteiger charge is 2.07. The van der Waals surface area contributed by atoms with Crippen molar-refractivity contribution >= 4 is 11.6 Å². The Bertz CT molecular complexity index is 379. The van der Waals surface area contributed by atoms with E-state index in [4.69, 9.17) is 15.6 Å². The fourth-order valence-corrected chi connectivity index (χ4v) is 1.64. The fourth-order valence-electron chi connectivity index (χ4n) is 1.64. The second-order valence-corrected chi connectivity index (χ2v) is 4.50. The molecule has 0 aliphatic heterocycles. The molecular weight excluding hydrogens is 244 g/mol. The van der Waals surface area contributed by atoms with E-state index in [-0.39, 0.29) is 18.6 Å². The zero-order chi connectivity index (χ0) is 14.1. The summed E-state index contributed by atoms with van der Waals surface area (Å²) >= 11 is 0. The van der Waals surface area contributed by atoms with Crippen LogP contribution < -0.4 is 15.8 Å². The van der Waals surface area contributed by atoms with Gasteiger partial charge in [0.25, 0.3) is 0 Å². The Morgan fingerprint density at radius 3 is 2.74 bits per heavy atom. The average molecular weight is 266 g/mol. The van der Waals surface area contributed by atoms with Gasteiger partial charge in [0.1, 0.15) is 5.75 Å². The van der Waals surface area contributed by atoms with Crippen LogP contribution in [0, 0.1) is 0 Å². The number of hydrogen-bond acceptors (Lipinski definition) is 4. The van der Waals surface area contributed by atoms with Gasteiger partial charge in [0.15, 0.2) is 0 Å². The van der Waals surface area contributed by atoms with Crippen molar-refractivity contribution in [1.82, 2.24) is 5.32 Å². The molecule has 0 saturated carbocycles. The summed E-state index contributed by atoms with van der Waals surface area (Å²) in [6.07, 6.45) is 1.79. The lowest BCUT2D eigenvalue weighted by atomic mass is 10.2. The van der Waals surface area contributed by atoms with Crippen molar-refractivity contribution in [3.05, 3.63) is 24.3 Å². The summed E-state index contributed by atoms with van der Waals surface area (Å²) in [4.78, 5) is 11.6. The van der Waals surface area contributed by atoms with Crippen LogP contribution in [0.3, 0.4) is 0 Å². The fraction of sp³-hybridized carbons (Fsp3) is 0.500. The maximum atomic E-state index is 11.6. The van der Waals surface area contributed by atoms with Gasteiger partial charge in [-0.05, 0) is 44.0 Å². The molecule has 1 atom stereocenters. The molecule has 1 aromatic rings. The third-order valence-corrected chi connectivity index (χ3v) is 2.68. The van der Waals surface area contributed by atoms with Crippen LogP contribution in [0.5, 0.6) is 5.75 Å². The number of nitrogens with two attached hydrogens (primary N) is 1. The average Bonchev–Trinajstić information content (AvgIpc) is 2.38. The monoisotopic (exact) mass is 266 g/mol. The second-order valence-electron chi connectivity index (χ2n) is 4.50. The van der Waals surface area contributed by atoms with E-state index in [1.165, 1.54) is 0 Å². The molecule has 0 bridgehead atoms. The van der Waals surface area contributed by atoms with Crippen LogP contribution in [0.15, 0.2) is 24.3 Å². The van der Waals surface area contributed by atoms with E-state index in [0.29, 0.717) is 30.9 Å². The molecule has 1 aromatic carbocycles. The second kappa shape index (κ2) is 8.37. The van der Waals surface area contributed by atoms with Crippen molar-refractivity contribution in [2.75, 3.05) is 18.9 Å². The van der Waals surface area contributed by atoms with Crippen molar-refractivity contribution in [3.8, 4) is 5.75 Å². The number of carbonyl (C=O) groups excluding carboxylic acids is 1. The SMILES string of the molecule is CC(CCCO)NC(=O)CCOc1ccc(N)cc1. The molecule has 0 saturated heterocycles. The van der Waals surface area contributed by atoms with Gasteiger partial charge in [-0.25, -0.2) is 0 Å². The van der Waals surface area contributed by atoms with E-state index in [2.05, 4.69) is 5.32 Å². The van der Waals surface area contributed by atoms with Gasteiger partial charge in [-0.2, -0.15) is 0 Å². The largest absolute Gasteiger partial charge is 0.493 e. The predicted octanol–water partition coefficient (Wildman–Crippen LogP) is 1.31. The lowest BCUT2D eigenvalue weighted by Crippen LogP contribution is -2.33. The molecule has 106 valence electrons. The minimum Gasteiger partial charge on any atom is -0.493 e. The molecule has 4 N–H and O–H groups in total. The highest BCUT2D eigenvalue weighted by molar-refractivity contribution is 5.76. The maximum absolute atomic E-state index is 11.6. The molecule has 5 nitrogen and oxygen atoms in total. The van der Waals surface area contributed by atoms with Gasteiger partial charge in [-0.1, -0.05) is 0 Å². The van der Waals surface area contributed by atoms with E-state index in [0.717, 1.165) is 6.42 Å². The molecule has 1 rings (SSSR count). The molecule has 0 radical (unpaired) electrons. The Labute approximate surface area is 113 Å². The molecule has 1 unspecified atom stereocenters. The Balaban J connectivity index is 2.18. The van der Waals surface area contributed by atoms with Crippen LogP contribution >= 0.6 is 0 Å². The molecule has 0 aliphatic carbocycles. The Morgan fingerprint density at radius 1 is 1.42 bits per heavy atom. The van der Waals surface area contributed by atoms with Gasteiger partial charge in [-0.3, -0.25) is 4.79 Å². The predicted molar refractivity (Wildman–Crippen MR) is 74.9 cm³/mol. The standard InChI is InChI=1S/C14H22N2O3/c1-11(3-2-9-17)16-14(18)8-10-19-13-6-4-12(15)5-7-13/h4-7,11,17H,2-3,8-10,15H2,1H3,(H,16,18). The van der Waals surface area contributed by atoms with E-state index in [1.54, 1.807) is 24.3 Å². The van der Waals surface area contributed by atoms with E-state index in [9.17, 15) is 4.79 Å². The first-order valence-corrected chi connectivity index (χ1v) is 6.50. The number of nitrogen functional groups attached to an aromatic ring is 1. The number of nitrogens with one attached hydrogen (secondary N) is 1. The summed E-state index contributed by atoms with van der Waals surface area (Å²) < 4.78 is 5.44. The van der Waals surface area contributed by atoms with Crippen LogP contribution in [-0.2, 0) is 4.79 Å². The Morgan fingerprint density at radius 2 is 2.11 bits per heavy atom. The number of carbonyl (C=O) groups is 1. The quantitative estimate of drug-likeness (QED) is 0.619. The first kappa shape index (κ1) is 15.3. The van der Waals surface area contributed by atoms with E-state index >= 15 is 0 Å². The van der Waals surface area contributed by atoms with Gasteiger partial charge < -0.3 is 20.9 Å². The van der Waals surface area contributed by atoms with Gasteiger partial charge in [0.05, 0.1) is 13.0 Å². The molecule has 0 spiro atoms. The molecule has 1 amide bonds. The van der Waals surface area contributed by atoms with Crippen molar-refractivity contribution < 1.29 is 14.6 Å². The number of ether oxygens (including phenoxy) is 1. The minimum atomic E-state index is -0.0408. The smallest absolute Gasteiger partial charge is 0.223 e. The summed E-state index contributed by atoms with van der Waals surface area (Å²) in [5, 5.41) is 11.6. The summed E-state index contributed by atoms with van der Waals surface area (Å²) in [7, 11) is 0. The highest BCUT2D eigenvalue weighted by Crippen LogP contribution is 2.13. The Kier molecular flexibility index (Phi) is 6.74. The topological polar surface area (TPSA) is 84.6 Å². The number of aliphatic hydroxyl groups is 1. The molecular formula is C14H22N2O3. The summed E-state index contributed by atoms with van der Waals surface area (Å²) in [5.41, 5.74) is 6.24. The zero-order valence-electron chi connectivity index (χ0n) is 11.3. The molecule has 0 aromatic heterocycles. The Hall–Kier alpha value is -1.75. The van der Waals surface area contributed by atoms with Crippen LogP contribution in [0.1, 0.15) is 26.2 Å². The van der Waals surface area contributed by atoms with Gasteiger partial charge in [0, 0.05) is 18.3 Å². The number of aliphatic hydroxyl groups excluding tert-OH is 1. The first-order chi connectivity index (χ1) is 9.11. The summed E-state index contributed by atoms with van der Waals surface area (Å²) in [6, 6.07) is 7.14. The van der Waals surface area contributed by atoms with Crippen LogP contribution in [-0.4, -0.2) is 30.3 Å². The number of hydrogen-bond donors (Lipinski definition) is 3. The highest BCUT2D eigenvalue weighted by atomic mass is 16.5. The number of amides is 1. The maximum Gasteiger partial charge on any atom is 0.223 e. The summed E-state index contributed by atoms with van der Waals surface area (Å²) in [6.45, 7) is 2.41. The van der Waals surface area contributed by atoms with Crippen molar-refractivity contribution in [2.45, 2.75) is 32.2 Å². The van der Waals surface area contributed by atoms with Gasteiger partial charge in [0.2, 0.25) is 5.91 Å². The van der Waals surface area contributed by atoms with Crippen molar-refractivity contribution in [3.63, 3.8) is 0 Å². The summed E-state index contributed by atoms with van der Waals surface area (Å²) in [5.74, 6) is 0.663. The van der Waals surface area contributed by atoms with E-state index in [1.807, 2.05) is 6.92 Å². The van der Waals surface area contributed by atoms with Crippen LogP contribution in [0.4, 0.5) is 5.69 Å².